The van der Waals surface area contributed by atoms with Gasteiger partial charge in [0.05, 0.1) is 12.2 Å². The summed E-state index contributed by atoms with van der Waals surface area (Å²) in [7, 11) is 0. The molecule has 8 nitrogen and oxygen atoms in total. The quantitative estimate of drug-likeness (QED) is 0.675. The smallest absolute Gasteiger partial charge is 0.156 e. The Labute approximate surface area is 139 Å². The van der Waals surface area contributed by atoms with Gasteiger partial charge in [-0.1, -0.05) is 18.2 Å². The third kappa shape index (κ3) is 3.18. The van der Waals surface area contributed by atoms with Gasteiger partial charge in [-0.2, -0.15) is 9.78 Å². The van der Waals surface area contributed by atoms with Crippen molar-refractivity contribution in [2.24, 2.45) is 0 Å². The van der Waals surface area contributed by atoms with E-state index >= 15 is 0 Å². The largest absolute Gasteiger partial charge is 0.312 e. The number of nitrogens with one attached hydrogen (secondary N) is 1. The molecule has 0 saturated carbocycles. The molecule has 24 heavy (non-hydrogen) atoms. The van der Waals surface area contributed by atoms with Crippen LogP contribution in [0.4, 0.5) is 0 Å². The molecule has 124 valence electrons. The molecule has 0 fully saturated rings. The maximum atomic E-state index is 4.26. The number of benzene rings is 1. The van der Waals surface area contributed by atoms with Crippen LogP contribution in [0.15, 0.2) is 36.7 Å². The zero-order valence-corrected chi connectivity index (χ0v) is 13.4. The number of para-hydroxylation sites is 1. The summed E-state index contributed by atoms with van der Waals surface area (Å²) in [4.78, 5) is 4.26. The molecule has 0 saturated heterocycles. The van der Waals surface area contributed by atoms with Crippen LogP contribution in [0.1, 0.15) is 24.5 Å². The fourth-order valence-electron chi connectivity index (χ4n) is 3.09. The molecule has 3 aromatic rings. The zero-order valence-electron chi connectivity index (χ0n) is 13.4. The van der Waals surface area contributed by atoms with Gasteiger partial charge >= 0.3 is 0 Å². The molecule has 3 heterocycles. The Morgan fingerprint density at radius 1 is 1.21 bits per heavy atom. The van der Waals surface area contributed by atoms with Crippen molar-refractivity contribution in [2.45, 2.75) is 38.3 Å². The number of fused-ring (bicyclic) bond motifs is 1. The summed E-state index contributed by atoms with van der Waals surface area (Å²) in [6.45, 7) is 1.84. The van der Waals surface area contributed by atoms with E-state index in [1.165, 1.54) is 0 Å². The molecule has 0 amide bonds. The SMILES string of the molecule is c1ccc(-n2nnnc2CCCN[C@@H]2CCc3ncnn3C2)cc1. The minimum Gasteiger partial charge on any atom is -0.312 e. The Morgan fingerprint density at radius 3 is 3.04 bits per heavy atom. The number of rotatable bonds is 6. The lowest BCUT2D eigenvalue weighted by Gasteiger charge is -2.23. The van der Waals surface area contributed by atoms with E-state index in [0.717, 1.165) is 56.1 Å². The van der Waals surface area contributed by atoms with Crippen LogP contribution in [0, 0.1) is 0 Å². The molecule has 1 aliphatic heterocycles. The predicted octanol–water partition coefficient (Wildman–Crippen LogP) is 0.791. The zero-order chi connectivity index (χ0) is 16.2. The highest BCUT2D eigenvalue weighted by Crippen LogP contribution is 2.12. The first-order chi connectivity index (χ1) is 11.9. The third-order valence-electron chi connectivity index (χ3n) is 4.35. The van der Waals surface area contributed by atoms with Crippen molar-refractivity contribution >= 4 is 0 Å². The summed E-state index contributed by atoms with van der Waals surface area (Å²) in [5.74, 6) is 1.99. The Balaban J connectivity index is 1.28. The van der Waals surface area contributed by atoms with Crippen molar-refractivity contribution in [2.75, 3.05) is 6.54 Å². The van der Waals surface area contributed by atoms with E-state index in [-0.39, 0.29) is 0 Å². The molecule has 1 aromatic carbocycles. The van der Waals surface area contributed by atoms with Gasteiger partial charge in [0.1, 0.15) is 12.2 Å². The first kappa shape index (κ1) is 14.9. The second kappa shape index (κ2) is 6.88. The van der Waals surface area contributed by atoms with Gasteiger partial charge in [0.2, 0.25) is 0 Å². The summed E-state index contributed by atoms with van der Waals surface area (Å²) in [5.41, 5.74) is 0.997. The standard InChI is InChI=1S/C16H20N8/c1-2-5-14(6-3-1)24-16(20-21-22-24)7-4-10-17-13-8-9-15-18-12-19-23(15)11-13/h1-3,5-6,12-13,17H,4,7-11H2/t13-/m1/s1. The van der Waals surface area contributed by atoms with Crippen molar-refractivity contribution in [1.29, 1.82) is 0 Å². The lowest BCUT2D eigenvalue weighted by Crippen LogP contribution is -2.38. The van der Waals surface area contributed by atoms with Crippen molar-refractivity contribution in [3.8, 4) is 5.69 Å². The maximum absolute atomic E-state index is 4.26. The number of hydrogen-bond donors (Lipinski definition) is 1. The van der Waals surface area contributed by atoms with E-state index in [1.54, 1.807) is 6.33 Å². The highest BCUT2D eigenvalue weighted by atomic mass is 15.5. The molecule has 0 unspecified atom stereocenters. The number of aryl methyl sites for hydroxylation is 2. The maximum Gasteiger partial charge on any atom is 0.156 e. The first-order valence-electron chi connectivity index (χ1n) is 8.33. The predicted molar refractivity (Wildman–Crippen MR) is 87.6 cm³/mol. The van der Waals surface area contributed by atoms with Gasteiger partial charge in [0, 0.05) is 18.9 Å². The van der Waals surface area contributed by atoms with Crippen molar-refractivity contribution in [3.05, 3.63) is 48.3 Å². The van der Waals surface area contributed by atoms with Crippen molar-refractivity contribution in [3.63, 3.8) is 0 Å². The van der Waals surface area contributed by atoms with Crippen LogP contribution in [0.5, 0.6) is 0 Å². The molecule has 4 rings (SSSR count). The van der Waals surface area contributed by atoms with Crippen LogP contribution < -0.4 is 5.32 Å². The molecular formula is C16H20N8. The topological polar surface area (TPSA) is 86.3 Å². The minimum atomic E-state index is 0.462. The molecule has 2 aromatic heterocycles. The van der Waals surface area contributed by atoms with Gasteiger partial charge in [-0.3, -0.25) is 0 Å². The van der Waals surface area contributed by atoms with Crippen molar-refractivity contribution < 1.29 is 0 Å². The first-order valence-corrected chi connectivity index (χ1v) is 8.33. The second-order valence-electron chi connectivity index (χ2n) is 5.99. The Morgan fingerprint density at radius 2 is 2.12 bits per heavy atom. The monoisotopic (exact) mass is 324 g/mol. The van der Waals surface area contributed by atoms with Crippen LogP contribution >= 0.6 is 0 Å². The lowest BCUT2D eigenvalue weighted by molar-refractivity contribution is 0.358. The summed E-state index contributed by atoms with van der Waals surface area (Å²) in [6, 6.07) is 10.4. The van der Waals surface area contributed by atoms with E-state index in [4.69, 9.17) is 0 Å². The summed E-state index contributed by atoms with van der Waals surface area (Å²) >= 11 is 0. The molecule has 1 N–H and O–H groups in total. The molecular weight excluding hydrogens is 304 g/mol. The van der Waals surface area contributed by atoms with Crippen molar-refractivity contribution in [1.82, 2.24) is 40.3 Å². The molecule has 0 radical (unpaired) electrons. The fourth-order valence-corrected chi connectivity index (χ4v) is 3.09. The van der Waals surface area contributed by atoms with Crippen LogP contribution in [0.3, 0.4) is 0 Å². The molecule has 0 bridgehead atoms. The minimum absolute atomic E-state index is 0.462. The average molecular weight is 324 g/mol. The van der Waals surface area contributed by atoms with Crippen LogP contribution in [0.25, 0.3) is 5.69 Å². The van der Waals surface area contributed by atoms with E-state index in [0.29, 0.717) is 6.04 Å². The molecule has 8 heteroatoms. The van der Waals surface area contributed by atoms with Gasteiger partial charge in [-0.15, -0.1) is 5.10 Å². The Kier molecular flexibility index (Phi) is 4.28. The van der Waals surface area contributed by atoms with E-state index in [1.807, 2.05) is 39.7 Å². The molecule has 0 spiro atoms. The summed E-state index contributed by atoms with van der Waals surface area (Å²) < 4.78 is 3.80. The van der Waals surface area contributed by atoms with E-state index < -0.39 is 0 Å². The summed E-state index contributed by atoms with van der Waals surface area (Å²) in [6.07, 6.45) is 5.58. The fraction of sp³-hybridized carbons (Fsp3) is 0.438. The normalized spacial score (nSPS) is 16.9. The number of nitrogens with zero attached hydrogens (tertiary/aromatic N) is 7. The van der Waals surface area contributed by atoms with Crippen LogP contribution in [-0.2, 0) is 19.4 Å². The molecule has 1 aliphatic rings. The van der Waals surface area contributed by atoms with Gasteiger partial charge in [0.15, 0.2) is 5.82 Å². The van der Waals surface area contributed by atoms with Crippen LogP contribution in [-0.4, -0.2) is 47.6 Å². The van der Waals surface area contributed by atoms with Gasteiger partial charge in [-0.05, 0) is 41.9 Å². The van der Waals surface area contributed by atoms with Gasteiger partial charge in [-0.25, -0.2) is 9.67 Å². The average Bonchev–Trinajstić information content (AvgIpc) is 3.28. The second-order valence-corrected chi connectivity index (χ2v) is 5.99. The highest BCUT2D eigenvalue weighted by Gasteiger charge is 2.19. The number of aromatic nitrogens is 7. The summed E-state index contributed by atoms with van der Waals surface area (Å²) in [5, 5.41) is 19.9. The molecule has 1 atom stereocenters. The Bertz CT molecular complexity index is 778. The van der Waals surface area contributed by atoms with Crippen LogP contribution in [0.2, 0.25) is 0 Å². The third-order valence-corrected chi connectivity index (χ3v) is 4.35. The Hall–Kier alpha value is -2.61. The van der Waals surface area contributed by atoms with E-state index in [2.05, 4.69) is 30.9 Å². The number of hydrogen-bond acceptors (Lipinski definition) is 6. The number of tetrazole rings is 1. The highest BCUT2D eigenvalue weighted by molar-refractivity contribution is 5.30. The van der Waals surface area contributed by atoms with Gasteiger partial charge in [0.25, 0.3) is 0 Å². The van der Waals surface area contributed by atoms with E-state index in [9.17, 15) is 0 Å². The molecule has 0 aliphatic carbocycles. The van der Waals surface area contributed by atoms with Gasteiger partial charge < -0.3 is 5.32 Å². The lowest BCUT2D eigenvalue weighted by atomic mass is 10.1.